The van der Waals surface area contributed by atoms with Crippen molar-refractivity contribution in [3.8, 4) is 0 Å². The maximum absolute atomic E-state index is 12.1. The molecule has 0 radical (unpaired) electrons. The second-order valence-electron chi connectivity index (χ2n) is 5.19. The highest BCUT2D eigenvalue weighted by molar-refractivity contribution is 7.99. The Labute approximate surface area is 146 Å². The van der Waals surface area contributed by atoms with Crippen molar-refractivity contribution in [2.24, 2.45) is 0 Å². The van der Waals surface area contributed by atoms with Gasteiger partial charge in [-0.1, -0.05) is 18.2 Å². The molecule has 1 heterocycles. The standard InChI is InChI=1S/C18H23NO4S/c1-4-19(5-2)16(20)12-24-11-14-13-9-7-8-10-15(13)23-17(14)18(21)22-6-3/h7-10H,4-6,11-12H2,1-3H3. The molecule has 0 unspecified atom stereocenters. The van der Waals surface area contributed by atoms with E-state index in [1.54, 1.807) is 11.8 Å². The molecule has 130 valence electrons. The van der Waals surface area contributed by atoms with Crippen LogP contribution in [0.15, 0.2) is 28.7 Å². The van der Waals surface area contributed by atoms with Crippen LogP contribution in [0, 0.1) is 0 Å². The Hall–Kier alpha value is -1.95. The number of fused-ring (bicyclic) bond motifs is 1. The molecular formula is C18H23NO4S. The molecule has 0 aliphatic rings. The first-order chi connectivity index (χ1) is 11.6. The minimum atomic E-state index is -0.459. The van der Waals surface area contributed by atoms with Crippen LogP contribution in [0.2, 0.25) is 0 Å². The van der Waals surface area contributed by atoms with E-state index in [0.29, 0.717) is 36.8 Å². The van der Waals surface area contributed by atoms with E-state index in [9.17, 15) is 9.59 Å². The molecule has 1 amide bonds. The smallest absolute Gasteiger partial charge is 0.374 e. The zero-order chi connectivity index (χ0) is 17.5. The number of esters is 1. The first-order valence-electron chi connectivity index (χ1n) is 8.15. The summed E-state index contributed by atoms with van der Waals surface area (Å²) < 4.78 is 10.8. The predicted molar refractivity (Wildman–Crippen MR) is 96.3 cm³/mol. The molecular weight excluding hydrogens is 326 g/mol. The average Bonchev–Trinajstić information content (AvgIpc) is 2.95. The Morgan fingerprint density at radius 2 is 1.88 bits per heavy atom. The van der Waals surface area contributed by atoms with Crippen LogP contribution in [0.3, 0.4) is 0 Å². The summed E-state index contributed by atoms with van der Waals surface area (Å²) in [6.07, 6.45) is 0. The Balaban J connectivity index is 2.16. The quantitative estimate of drug-likeness (QED) is 0.680. The van der Waals surface area contributed by atoms with Crippen LogP contribution in [0.25, 0.3) is 11.0 Å². The molecule has 2 rings (SSSR count). The summed E-state index contributed by atoms with van der Waals surface area (Å²) in [7, 11) is 0. The number of para-hydroxylation sites is 1. The first-order valence-corrected chi connectivity index (χ1v) is 9.30. The SMILES string of the molecule is CCOC(=O)c1oc2ccccc2c1CSCC(=O)N(CC)CC. The van der Waals surface area contributed by atoms with E-state index >= 15 is 0 Å². The fourth-order valence-corrected chi connectivity index (χ4v) is 3.46. The lowest BCUT2D eigenvalue weighted by atomic mass is 10.1. The van der Waals surface area contributed by atoms with Gasteiger partial charge in [0, 0.05) is 29.8 Å². The van der Waals surface area contributed by atoms with Crippen molar-refractivity contribution in [1.82, 2.24) is 4.90 Å². The largest absolute Gasteiger partial charge is 0.460 e. The fourth-order valence-electron chi connectivity index (χ4n) is 2.51. The van der Waals surface area contributed by atoms with Crippen molar-refractivity contribution in [1.29, 1.82) is 0 Å². The van der Waals surface area contributed by atoms with Crippen molar-refractivity contribution >= 4 is 34.6 Å². The van der Waals surface area contributed by atoms with Crippen LogP contribution >= 0.6 is 11.8 Å². The first kappa shape index (κ1) is 18.4. The number of hydrogen-bond donors (Lipinski definition) is 0. The average molecular weight is 349 g/mol. The highest BCUT2D eigenvalue weighted by atomic mass is 32.2. The van der Waals surface area contributed by atoms with E-state index in [1.165, 1.54) is 11.8 Å². The van der Waals surface area contributed by atoms with Gasteiger partial charge in [0.05, 0.1) is 12.4 Å². The highest BCUT2D eigenvalue weighted by Gasteiger charge is 2.22. The van der Waals surface area contributed by atoms with Crippen LogP contribution < -0.4 is 0 Å². The second-order valence-corrected chi connectivity index (χ2v) is 6.17. The van der Waals surface area contributed by atoms with E-state index in [1.807, 2.05) is 38.1 Å². The highest BCUT2D eigenvalue weighted by Crippen LogP contribution is 2.30. The van der Waals surface area contributed by atoms with Gasteiger partial charge in [-0.2, -0.15) is 0 Å². The summed E-state index contributed by atoms with van der Waals surface area (Å²) in [6.45, 7) is 7.40. The van der Waals surface area contributed by atoms with Gasteiger partial charge in [-0.3, -0.25) is 4.79 Å². The Morgan fingerprint density at radius 3 is 2.54 bits per heavy atom. The van der Waals surface area contributed by atoms with Crippen LogP contribution in [0.5, 0.6) is 0 Å². The molecule has 0 spiro atoms. The molecule has 0 fully saturated rings. The number of nitrogens with zero attached hydrogens (tertiary/aromatic N) is 1. The third kappa shape index (κ3) is 4.12. The topological polar surface area (TPSA) is 59.8 Å². The van der Waals surface area contributed by atoms with E-state index in [0.717, 1.165) is 10.9 Å². The van der Waals surface area contributed by atoms with Gasteiger partial charge in [-0.25, -0.2) is 4.79 Å². The predicted octanol–water partition coefficient (Wildman–Crippen LogP) is 3.71. The molecule has 1 aromatic carbocycles. The second kappa shape index (κ2) is 8.78. The summed E-state index contributed by atoms with van der Waals surface area (Å²) in [4.78, 5) is 26.0. The van der Waals surface area contributed by atoms with Crippen LogP contribution in [-0.2, 0) is 15.3 Å². The Kier molecular flexibility index (Phi) is 6.73. The molecule has 6 heteroatoms. The van der Waals surface area contributed by atoms with Crippen molar-refractivity contribution in [2.75, 3.05) is 25.4 Å². The summed E-state index contributed by atoms with van der Waals surface area (Å²) >= 11 is 1.48. The maximum Gasteiger partial charge on any atom is 0.374 e. The van der Waals surface area contributed by atoms with E-state index in [2.05, 4.69) is 0 Å². The molecule has 0 atom stereocenters. The van der Waals surface area contributed by atoms with E-state index < -0.39 is 5.97 Å². The molecule has 0 saturated carbocycles. The van der Waals surface area contributed by atoms with Crippen molar-refractivity contribution in [3.63, 3.8) is 0 Å². The number of carbonyl (C=O) groups is 2. The normalized spacial score (nSPS) is 10.8. The number of furan rings is 1. The fraction of sp³-hybridized carbons (Fsp3) is 0.444. The number of rotatable bonds is 8. The molecule has 2 aromatic rings. The molecule has 0 aliphatic heterocycles. The van der Waals surface area contributed by atoms with Gasteiger partial charge >= 0.3 is 5.97 Å². The van der Waals surface area contributed by atoms with Crippen LogP contribution in [0.1, 0.15) is 36.9 Å². The lowest BCUT2D eigenvalue weighted by Crippen LogP contribution is -2.31. The summed E-state index contributed by atoms with van der Waals surface area (Å²) in [5.74, 6) is 0.789. The van der Waals surface area contributed by atoms with Gasteiger partial charge in [-0.15, -0.1) is 11.8 Å². The monoisotopic (exact) mass is 349 g/mol. The van der Waals surface area contributed by atoms with Gasteiger partial charge in [0.25, 0.3) is 0 Å². The zero-order valence-electron chi connectivity index (χ0n) is 14.3. The number of thioether (sulfide) groups is 1. The molecule has 5 nitrogen and oxygen atoms in total. The van der Waals surface area contributed by atoms with Gasteiger partial charge in [-0.05, 0) is 26.8 Å². The molecule has 0 aliphatic carbocycles. The third-order valence-electron chi connectivity index (χ3n) is 3.75. The Morgan fingerprint density at radius 1 is 1.17 bits per heavy atom. The molecule has 0 bridgehead atoms. The lowest BCUT2D eigenvalue weighted by molar-refractivity contribution is -0.127. The number of hydrogen-bond acceptors (Lipinski definition) is 5. The van der Waals surface area contributed by atoms with Gasteiger partial charge < -0.3 is 14.1 Å². The van der Waals surface area contributed by atoms with Crippen LogP contribution in [0.4, 0.5) is 0 Å². The van der Waals surface area contributed by atoms with Gasteiger partial charge in [0.2, 0.25) is 11.7 Å². The number of amides is 1. The van der Waals surface area contributed by atoms with Crippen molar-refractivity contribution in [3.05, 3.63) is 35.6 Å². The maximum atomic E-state index is 12.1. The van der Waals surface area contributed by atoms with Crippen LogP contribution in [-0.4, -0.2) is 42.2 Å². The summed E-state index contributed by atoms with van der Waals surface area (Å²) in [5, 5.41) is 0.892. The number of ether oxygens (including phenoxy) is 1. The molecule has 0 N–H and O–H groups in total. The van der Waals surface area contributed by atoms with Crippen molar-refractivity contribution in [2.45, 2.75) is 26.5 Å². The molecule has 1 aromatic heterocycles. The molecule has 0 saturated heterocycles. The lowest BCUT2D eigenvalue weighted by Gasteiger charge is -2.18. The summed E-state index contributed by atoms with van der Waals surface area (Å²) in [5.41, 5.74) is 1.45. The molecule has 24 heavy (non-hydrogen) atoms. The van der Waals surface area contributed by atoms with E-state index in [-0.39, 0.29) is 11.7 Å². The van der Waals surface area contributed by atoms with E-state index in [4.69, 9.17) is 9.15 Å². The minimum Gasteiger partial charge on any atom is -0.460 e. The minimum absolute atomic E-state index is 0.107. The number of carbonyl (C=O) groups excluding carboxylic acids is 2. The van der Waals surface area contributed by atoms with Crippen molar-refractivity contribution < 1.29 is 18.7 Å². The zero-order valence-corrected chi connectivity index (χ0v) is 15.1. The Bertz CT molecular complexity index is 706. The van der Waals surface area contributed by atoms with Gasteiger partial charge in [0.15, 0.2) is 0 Å². The number of benzene rings is 1. The van der Waals surface area contributed by atoms with Gasteiger partial charge in [0.1, 0.15) is 5.58 Å². The third-order valence-corrected chi connectivity index (χ3v) is 4.69. The summed E-state index contributed by atoms with van der Waals surface area (Å²) in [6, 6.07) is 7.51.